The van der Waals surface area contributed by atoms with Crippen LogP contribution >= 0.6 is 11.8 Å². The number of rotatable bonds is 7. The van der Waals surface area contributed by atoms with Crippen LogP contribution in [0.15, 0.2) is 47.6 Å². The molecule has 29 heavy (non-hydrogen) atoms. The van der Waals surface area contributed by atoms with Gasteiger partial charge in [-0.2, -0.15) is 0 Å². The highest BCUT2D eigenvalue weighted by Gasteiger charge is 2.46. The molecule has 5 nitrogen and oxygen atoms in total. The molecule has 4 rings (SSSR count). The lowest BCUT2D eigenvalue weighted by Gasteiger charge is -2.33. The molecule has 0 N–H and O–H groups in total. The molecular formula is C23H30N4OS. The van der Waals surface area contributed by atoms with Gasteiger partial charge in [-0.1, -0.05) is 30.8 Å². The Kier molecular flexibility index (Phi) is 5.99. The minimum Gasteiger partial charge on any atom is -0.496 e. The van der Waals surface area contributed by atoms with E-state index in [4.69, 9.17) is 9.73 Å². The molecule has 2 aliphatic heterocycles. The number of benzene rings is 1. The van der Waals surface area contributed by atoms with Crippen LogP contribution in [0.3, 0.4) is 0 Å². The van der Waals surface area contributed by atoms with Gasteiger partial charge in [0.2, 0.25) is 0 Å². The van der Waals surface area contributed by atoms with E-state index in [1.807, 2.05) is 30.1 Å². The summed E-state index contributed by atoms with van der Waals surface area (Å²) in [4.78, 5) is 14.6. The van der Waals surface area contributed by atoms with E-state index >= 15 is 0 Å². The van der Waals surface area contributed by atoms with E-state index < -0.39 is 0 Å². The van der Waals surface area contributed by atoms with Crippen molar-refractivity contribution in [3.63, 3.8) is 0 Å². The van der Waals surface area contributed by atoms with Crippen molar-refractivity contribution in [1.29, 1.82) is 0 Å². The van der Waals surface area contributed by atoms with Crippen molar-refractivity contribution < 1.29 is 4.74 Å². The van der Waals surface area contributed by atoms with Crippen molar-refractivity contribution in [2.24, 2.45) is 4.99 Å². The van der Waals surface area contributed by atoms with Crippen molar-refractivity contribution in [2.45, 2.75) is 45.3 Å². The molecule has 0 radical (unpaired) electrons. The SMILES string of the molecule is CCC1CSC2=NC(c3ccccn3)C(c3ccc(N(CC)CC)cc3OC)N21. The maximum absolute atomic E-state index is 5.91. The molecule has 3 heterocycles. The molecule has 1 saturated heterocycles. The predicted molar refractivity (Wildman–Crippen MR) is 122 cm³/mol. The van der Waals surface area contributed by atoms with Gasteiger partial charge in [-0.05, 0) is 38.5 Å². The van der Waals surface area contributed by atoms with Gasteiger partial charge in [0.15, 0.2) is 5.17 Å². The number of aromatic nitrogens is 1. The number of aliphatic imine (C=N–C) groups is 1. The monoisotopic (exact) mass is 410 g/mol. The van der Waals surface area contributed by atoms with Gasteiger partial charge >= 0.3 is 0 Å². The van der Waals surface area contributed by atoms with Crippen LogP contribution in [0.4, 0.5) is 5.69 Å². The van der Waals surface area contributed by atoms with Crippen LogP contribution in [0, 0.1) is 0 Å². The van der Waals surface area contributed by atoms with Crippen LogP contribution in [0.1, 0.15) is 50.5 Å². The van der Waals surface area contributed by atoms with Crippen LogP contribution in [0.5, 0.6) is 5.75 Å². The fraction of sp³-hybridized carbons (Fsp3) is 0.478. The third-order valence-corrected chi connectivity index (χ3v) is 7.12. The number of ether oxygens (including phenoxy) is 1. The second-order valence-corrected chi connectivity index (χ2v) is 8.42. The van der Waals surface area contributed by atoms with E-state index in [1.165, 1.54) is 11.3 Å². The number of anilines is 1. The fourth-order valence-corrected chi connectivity index (χ4v) is 5.75. The summed E-state index contributed by atoms with van der Waals surface area (Å²) in [7, 11) is 1.77. The second-order valence-electron chi connectivity index (χ2n) is 7.43. The number of pyridine rings is 1. The van der Waals surface area contributed by atoms with Crippen molar-refractivity contribution in [3.05, 3.63) is 53.9 Å². The summed E-state index contributed by atoms with van der Waals surface area (Å²) < 4.78 is 5.91. The normalized spacial score (nSPS) is 23.1. The zero-order chi connectivity index (χ0) is 20.4. The molecule has 2 aromatic rings. The molecule has 0 aliphatic carbocycles. The largest absolute Gasteiger partial charge is 0.496 e. The molecular weight excluding hydrogens is 380 g/mol. The van der Waals surface area contributed by atoms with E-state index in [2.05, 4.69) is 59.8 Å². The molecule has 0 spiro atoms. The molecule has 3 unspecified atom stereocenters. The molecule has 0 amide bonds. The van der Waals surface area contributed by atoms with E-state index in [9.17, 15) is 0 Å². The summed E-state index contributed by atoms with van der Waals surface area (Å²) in [5, 5.41) is 1.15. The minimum atomic E-state index is -0.0127. The Morgan fingerprint density at radius 2 is 2.00 bits per heavy atom. The van der Waals surface area contributed by atoms with Crippen LogP contribution in [-0.4, -0.2) is 47.0 Å². The Hall–Kier alpha value is -2.21. The highest BCUT2D eigenvalue weighted by molar-refractivity contribution is 8.14. The average Bonchev–Trinajstić information content (AvgIpc) is 3.34. The molecule has 1 fully saturated rings. The Balaban J connectivity index is 1.79. The third kappa shape index (κ3) is 3.59. The van der Waals surface area contributed by atoms with Crippen LogP contribution in [-0.2, 0) is 0 Å². The number of hydrogen-bond donors (Lipinski definition) is 0. The smallest absolute Gasteiger partial charge is 0.160 e. The molecule has 0 bridgehead atoms. The lowest BCUT2D eigenvalue weighted by Crippen LogP contribution is -2.35. The molecule has 1 aromatic heterocycles. The summed E-state index contributed by atoms with van der Waals surface area (Å²) in [5.74, 6) is 2.03. The number of thioether (sulfide) groups is 1. The highest BCUT2D eigenvalue weighted by Crippen LogP contribution is 2.50. The van der Waals surface area contributed by atoms with Crippen molar-refractivity contribution in [3.8, 4) is 5.75 Å². The fourth-order valence-electron chi connectivity index (χ4n) is 4.42. The number of amidine groups is 1. The minimum absolute atomic E-state index is 0.0127. The van der Waals surface area contributed by atoms with E-state index in [0.29, 0.717) is 6.04 Å². The predicted octanol–water partition coefficient (Wildman–Crippen LogP) is 4.92. The summed E-state index contributed by atoms with van der Waals surface area (Å²) in [6.45, 7) is 8.59. The third-order valence-electron chi connectivity index (χ3n) is 5.99. The number of fused-ring (bicyclic) bond motifs is 1. The maximum Gasteiger partial charge on any atom is 0.160 e. The molecule has 154 valence electrons. The number of methoxy groups -OCH3 is 1. The van der Waals surface area contributed by atoms with Gasteiger partial charge in [0.25, 0.3) is 0 Å². The zero-order valence-corrected chi connectivity index (χ0v) is 18.5. The first kappa shape index (κ1) is 20.1. The topological polar surface area (TPSA) is 41.0 Å². The summed E-state index contributed by atoms with van der Waals surface area (Å²) in [6.07, 6.45) is 2.97. The standard InChI is InChI=1S/C23H30N4OS/c1-5-16-15-29-23-25-21(19-10-8-9-13-24-19)22(27(16)23)18-12-11-17(14-20(18)28-4)26(6-2)7-3/h8-14,16,21-22H,5-7,15H2,1-4H3. The van der Waals surface area contributed by atoms with Gasteiger partial charge in [-0.15, -0.1) is 0 Å². The van der Waals surface area contributed by atoms with Crippen LogP contribution in [0.25, 0.3) is 0 Å². The molecule has 2 aliphatic rings. The summed E-state index contributed by atoms with van der Waals surface area (Å²) in [6, 6.07) is 13.3. The van der Waals surface area contributed by atoms with Gasteiger partial charge in [-0.25, -0.2) is 0 Å². The van der Waals surface area contributed by atoms with E-state index in [-0.39, 0.29) is 12.1 Å². The first-order valence-corrected chi connectivity index (χ1v) is 11.5. The lowest BCUT2D eigenvalue weighted by molar-refractivity contribution is 0.249. The lowest BCUT2D eigenvalue weighted by atomic mass is 9.94. The van der Waals surface area contributed by atoms with Gasteiger partial charge in [0, 0.05) is 48.4 Å². The zero-order valence-electron chi connectivity index (χ0n) is 17.7. The summed E-state index contributed by atoms with van der Waals surface area (Å²) in [5.41, 5.74) is 3.41. The van der Waals surface area contributed by atoms with Crippen molar-refractivity contribution in [1.82, 2.24) is 9.88 Å². The molecule has 0 saturated carbocycles. The van der Waals surface area contributed by atoms with Gasteiger partial charge < -0.3 is 14.5 Å². The Bertz CT molecular complexity index is 868. The quantitative estimate of drug-likeness (QED) is 0.648. The maximum atomic E-state index is 5.91. The van der Waals surface area contributed by atoms with Crippen LogP contribution in [0.2, 0.25) is 0 Å². The average molecular weight is 411 g/mol. The Morgan fingerprint density at radius 3 is 2.66 bits per heavy atom. The molecule has 1 aromatic carbocycles. The van der Waals surface area contributed by atoms with Gasteiger partial charge in [0.1, 0.15) is 11.8 Å². The number of nitrogens with zero attached hydrogens (tertiary/aromatic N) is 4. The first-order valence-electron chi connectivity index (χ1n) is 10.5. The van der Waals surface area contributed by atoms with Crippen molar-refractivity contribution in [2.75, 3.05) is 30.9 Å². The van der Waals surface area contributed by atoms with E-state index in [0.717, 1.165) is 41.9 Å². The molecule has 3 atom stereocenters. The summed E-state index contributed by atoms with van der Waals surface area (Å²) >= 11 is 1.87. The van der Waals surface area contributed by atoms with Gasteiger partial charge in [-0.3, -0.25) is 9.98 Å². The van der Waals surface area contributed by atoms with E-state index in [1.54, 1.807) is 7.11 Å². The van der Waals surface area contributed by atoms with Crippen LogP contribution < -0.4 is 9.64 Å². The highest BCUT2D eigenvalue weighted by atomic mass is 32.2. The van der Waals surface area contributed by atoms with Gasteiger partial charge in [0.05, 0.1) is 18.8 Å². The molecule has 6 heteroatoms. The van der Waals surface area contributed by atoms with Crippen molar-refractivity contribution >= 4 is 22.6 Å². The Morgan fingerprint density at radius 1 is 1.17 bits per heavy atom. The first-order chi connectivity index (χ1) is 14.2. The number of hydrogen-bond acceptors (Lipinski definition) is 6. The second kappa shape index (κ2) is 8.66. The Labute approximate surface area is 178 Å².